The summed E-state index contributed by atoms with van der Waals surface area (Å²) in [6, 6.07) is 18.1. The lowest BCUT2D eigenvalue weighted by atomic mass is 9.99. The molecule has 0 aliphatic heterocycles. The van der Waals surface area contributed by atoms with Crippen LogP contribution < -0.4 is 9.47 Å². The smallest absolute Gasteiger partial charge is 0.344 e. The topological polar surface area (TPSA) is 86.7 Å². The molecular weight excluding hydrogens is 431 g/mol. The van der Waals surface area contributed by atoms with Crippen molar-refractivity contribution in [1.82, 2.24) is 0 Å². The summed E-state index contributed by atoms with van der Waals surface area (Å²) in [7, 11) is 0. The third-order valence-electron chi connectivity index (χ3n) is 3.93. The number of rotatable bonds is 6. The fraction of sp³-hybridized carbons (Fsp3) is 0. The maximum Gasteiger partial charge on any atom is 0.344 e. The van der Waals surface area contributed by atoms with Crippen LogP contribution in [0.5, 0.6) is 11.5 Å². The van der Waals surface area contributed by atoms with Gasteiger partial charge in [-0.1, -0.05) is 36.4 Å². The molecule has 0 atom stereocenters. The summed E-state index contributed by atoms with van der Waals surface area (Å²) in [5.41, 5.74) is -1.31. The van der Waals surface area contributed by atoms with Crippen molar-refractivity contribution >= 4 is 45.6 Å². The second-order valence-electron chi connectivity index (χ2n) is 5.90. The maximum atomic E-state index is 12.6. The summed E-state index contributed by atoms with van der Waals surface area (Å²) in [6.45, 7) is 0. The standard InChI is InChI=1S/C22H12Cl2O6/c23-19(25)15-12-18(22(28)30-14-9-5-2-6-10-14)16(20(24)26)11-17(15)21(27)29-13-7-3-1-4-8-13/h1-12H. The van der Waals surface area contributed by atoms with Crippen molar-refractivity contribution < 1.29 is 28.7 Å². The number of benzene rings is 3. The molecule has 6 nitrogen and oxygen atoms in total. The molecule has 0 aliphatic rings. The Bertz CT molecular complexity index is 1040. The van der Waals surface area contributed by atoms with Gasteiger partial charge in [-0.15, -0.1) is 0 Å². The molecule has 0 aromatic heterocycles. The Balaban J connectivity index is 2.03. The van der Waals surface area contributed by atoms with Crippen molar-refractivity contribution in [2.24, 2.45) is 0 Å². The lowest BCUT2D eigenvalue weighted by Crippen LogP contribution is -2.18. The summed E-state index contributed by atoms with van der Waals surface area (Å²) in [5, 5.41) is -2.06. The minimum Gasteiger partial charge on any atom is -0.423 e. The highest BCUT2D eigenvalue weighted by molar-refractivity contribution is 6.69. The quantitative estimate of drug-likeness (QED) is 0.307. The average Bonchev–Trinajstić information content (AvgIpc) is 2.74. The highest BCUT2D eigenvalue weighted by Crippen LogP contribution is 2.24. The van der Waals surface area contributed by atoms with Gasteiger partial charge >= 0.3 is 11.9 Å². The fourth-order valence-electron chi connectivity index (χ4n) is 2.56. The Kier molecular flexibility index (Phi) is 6.61. The molecule has 0 saturated carbocycles. The molecule has 150 valence electrons. The third-order valence-corrected chi connectivity index (χ3v) is 4.34. The van der Waals surface area contributed by atoms with E-state index in [1.807, 2.05) is 0 Å². The van der Waals surface area contributed by atoms with Gasteiger partial charge in [-0.2, -0.15) is 0 Å². The van der Waals surface area contributed by atoms with Crippen LogP contribution in [0.1, 0.15) is 41.4 Å². The second kappa shape index (κ2) is 9.35. The van der Waals surface area contributed by atoms with E-state index in [0.29, 0.717) is 0 Å². The number of carbonyl (C=O) groups is 4. The highest BCUT2D eigenvalue weighted by Gasteiger charge is 2.26. The van der Waals surface area contributed by atoms with E-state index in [4.69, 9.17) is 32.7 Å². The van der Waals surface area contributed by atoms with Crippen LogP contribution in [0.25, 0.3) is 0 Å². The number of hydrogen-bond acceptors (Lipinski definition) is 6. The van der Waals surface area contributed by atoms with Crippen molar-refractivity contribution in [3.63, 3.8) is 0 Å². The molecule has 3 rings (SSSR count). The van der Waals surface area contributed by atoms with E-state index in [0.717, 1.165) is 12.1 Å². The predicted octanol–water partition coefficient (Wildman–Crippen LogP) is 4.88. The number of halogens is 2. The zero-order valence-electron chi connectivity index (χ0n) is 15.1. The van der Waals surface area contributed by atoms with Crippen LogP contribution in [-0.4, -0.2) is 22.4 Å². The van der Waals surface area contributed by atoms with Gasteiger partial charge in [0.25, 0.3) is 10.5 Å². The molecule has 30 heavy (non-hydrogen) atoms. The van der Waals surface area contributed by atoms with Crippen LogP contribution >= 0.6 is 23.2 Å². The number of ether oxygens (including phenoxy) is 2. The van der Waals surface area contributed by atoms with Crippen molar-refractivity contribution in [2.45, 2.75) is 0 Å². The molecule has 0 radical (unpaired) electrons. The Hall–Kier alpha value is -3.48. The molecule has 0 aliphatic carbocycles. The first-order valence-electron chi connectivity index (χ1n) is 8.49. The lowest BCUT2D eigenvalue weighted by molar-refractivity contribution is 0.0717. The molecule has 3 aromatic rings. The Morgan fingerprint density at radius 1 is 0.533 bits per heavy atom. The van der Waals surface area contributed by atoms with Crippen molar-refractivity contribution in [3.8, 4) is 11.5 Å². The van der Waals surface area contributed by atoms with Gasteiger partial charge in [0.2, 0.25) is 0 Å². The average molecular weight is 443 g/mol. The molecule has 0 amide bonds. The molecule has 0 fully saturated rings. The summed E-state index contributed by atoms with van der Waals surface area (Å²) >= 11 is 11.2. The Labute approximate surface area is 180 Å². The van der Waals surface area contributed by atoms with Gasteiger partial charge in [0, 0.05) is 11.1 Å². The van der Waals surface area contributed by atoms with Gasteiger partial charge in [0.05, 0.1) is 11.1 Å². The van der Waals surface area contributed by atoms with E-state index in [-0.39, 0.29) is 33.8 Å². The minimum atomic E-state index is -1.03. The Morgan fingerprint density at radius 2 is 0.867 bits per heavy atom. The molecule has 0 spiro atoms. The van der Waals surface area contributed by atoms with E-state index in [9.17, 15) is 19.2 Å². The van der Waals surface area contributed by atoms with Crippen LogP contribution in [0, 0.1) is 0 Å². The summed E-state index contributed by atoms with van der Waals surface area (Å²) in [4.78, 5) is 49.0. The van der Waals surface area contributed by atoms with Gasteiger partial charge in [-0.3, -0.25) is 9.59 Å². The van der Waals surface area contributed by atoms with Gasteiger partial charge in [-0.05, 0) is 59.6 Å². The number of hydrogen-bond donors (Lipinski definition) is 0. The third kappa shape index (κ3) is 4.92. The monoisotopic (exact) mass is 442 g/mol. The minimum absolute atomic E-state index is 0.210. The largest absolute Gasteiger partial charge is 0.423 e. The van der Waals surface area contributed by atoms with Gasteiger partial charge in [-0.25, -0.2) is 9.59 Å². The van der Waals surface area contributed by atoms with Gasteiger partial charge in [0.15, 0.2) is 0 Å². The first-order chi connectivity index (χ1) is 14.4. The maximum absolute atomic E-state index is 12.6. The first kappa shape index (κ1) is 21.2. The number of esters is 2. The molecule has 0 unspecified atom stereocenters. The Morgan fingerprint density at radius 3 is 1.17 bits per heavy atom. The second-order valence-corrected chi connectivity index (χ2v) is 6.58. The fourth-order valence-corrected chi connectivity index (χ4v) is 2.88. The number of carbonyl (C=O) groups excluding carboxylic acids is 4. The molecule has 8 heteroatoms. The van der Waals surface area contributed by atoms with Crippen LogP contribution in [0.4, 0.5) is 0 Å². The van der Waals surface area contributed by atoms with E-state index in [1.54, 1.807) is 36.4 Å². The molecule has 0 heterocycles. The van der Waals surface area contributed by atoms with E-state index < -0.39 is 22.4 Å². The number of para-hydroxylation sites is 2. The van der Waals surface area contributed by atoms with E-state index in [1.165, 1.54) is 24.3 Å². The van der Waals surface area contributed by atoms with Gasteiger partial charge in [0.1, 0.15) is 11.5 Å². The first-order valence-corrected chi connectivity index (χ1v) is 9.24. The van der Waals surface area contributed by atoms with Crippen molar-refractivity contribution in [3.05, 3.63) is 95.1 Å². The molecule has 0 saturated heterocycles. The molecule has 0 bridgehead atoms. The van der Waals surface area contributed by atoms with Crippen molar-refractivity contribution in [2.75, 3.05) is 0 Å². The summed E-state index contributed by atoms with van der Waals surface area (Å²) < 4.78 is 10.4. The molecular formula is C22H12Cl2O6. The van der Waals surface area contributed by atoms with Crippen LogP contribution in [0.15, 0.2) is 72.8 Å². The SMILES string of the molecule is O=C(Cl)c1cc(C(=O)Oc2ccccc2)c(C(=O)Cl)cc1C(=O)Oc1ccccc1. The van der Waals surface area contributed by atoms with Crippen LogP contribution in [-0.2, 0) is 0 Å². The molecule has 0 N–H and O–H groups in total. The highest BCUT2D eigenvalue weighted by atomic mass is 35.5. The van der Waals surface area contributed by atoms with Crippen LogP contribution in [0.2, 0.25) is 0 Å². The summed E-state index contributed by atoms with van der Waals surface area (Å²) in [5.74, 6) is -1.48. The van der Waals surface area contributed by atoms with E-state index >= 15 is 0 Å². The van der Waals surface area contributed by atoms with Crippen LogP contribution in [0.3, 0.4) is 0 Å². The van der Waals surface area contributed by atoms with Gasteiger partial charge < -0.3 is 9.47 Å². The predicted molar refractivity (Wildman–Crippen MR) is 110 cm³/mol. The zero-order valence-corrected chi connectivity index (χ0v) is 16.6. The van der Waals surface area contributed by atoms with Crippen molar-refractivity contribution in [1.29, 1.82) is 0 Å². The zero-order chi connectivity index (χ0) is 21.7. The van der Waals surface area contributed by atoms with E-state index in [2.05, 4.69) is 0 Å². The molecule has 3 aromatic carbocycles. The lowest BCUT2D eigenvalue weighted by Gasteiger charge is -2.12. The summed E-state index contributed by atoms with van der Waals surface area (Å²) in [6.07, 6.45) is 0. The normalized spacial score (nSPS) is 10.2.